The summed E-state index contributed by atoms with van der Waals surface area (Å²) in [6, 6.07) is 14.9. The zero-order valence-electron chi connectivity index (χ0n) is 18.7. The first-order chi connectivity index (χ1) is 16.5. The average molecular weight is 461 g/mol. The molecule has 7 nitrogen and oxygen atoms in total. The lowest BCUT2D eigenvalue weighted by molar-refractivity contribution is -0.127. The van der Waals surface area contributed by atoms with Crippen LogP contribution < -0.4 is 9.47 Å². The second kappa shape index (κ2) is 10.6. The number of pyridine rings is 1. The molecule has 3 aromatic rings. The summed E-state index contributed by atoms with van der Waals surface area (Å²) in [4.78, 5) is 32.6. The molecule has 2 heterocycles. The molecule has 0 saturated carbocycles. The third-order valence-electron chi connectivity index (χ3n) is 5.43. The van der Waals surface area contributed by atoms with E-state index in [9.17, 15) is 14.0 Å². The number of benzene rings is 2. The molecule has 0 aliphatic carbocycles. The van der Waals surface area contributed by atoms with Gasteiger partial charge in [-0.1, -0.05) is 12.1 Å². The van der Waals surface area contributed by atoms with Gasteiger partial charge in [-0.2, -0.15) is 0 Å². The maximum atomic E-state index is 14.4. The lowest BCUT2D eigenvalue weighted by atomic mass is 10.1. The molecule has 4 rings (SSSR count). The van der Waals surface area contributed by atoms with Crippen LogP contribution in [-0.2, 0) is 4.79 Å². The van der Waals surface area contributed by atoms with Gasteiger partial charge in [0.05, 0.1) is 13.3 Å². The van der Waals surface area contributed by atoms with Crippen LogP contribution in [0.2, 0.25) is 0 Å². The molecule has 34 heavy (non-hydrogen) atoms. The molecular weight excluding hydrogens is 437 g/mol. The fourth-order valence-corrected chi connectivity index (χ4v) is 3.58. The normalized spacial score (nSPS) is 13.7. The van der Waals surface area contributed by atoms with Crippen LogP contribution in [0.4, 0.5) is 4.39 Å². The molecule has 1 fully saturated rings. The summed E-state index contributed by atoms with van der Waals surface area (Å²) in [6.07, 6.45) is 6.07. The highest BCUT2D eigenvalue weighted by molar-refractivity contribution is 5.95. The van der Waals surface area contributed by atoms with Crippen molar-refractivity contribution in [3.63, 3.8) is 0 Å². The number of amides is 2. The number of aromatic nitrogens is 1. The molecule has 1 aliphatic rings. The van der Waals surface area contributed by atoms with Crippen LogP contribution in [0.3, 0.4) is 0 Å². The van der Waals surface area contributed by atoms with Crippen molar-refractivity contribution in [1.82, 2.24) is 14.8 Å². The fourth-order valence-electron chi connectivity index (χ4n) is 3.58. The first-order valence-corrected chi connectivity index (χ1v) is 10.8. The minimum atomic E-state index is -0.539. The Morgan fingerprint density at radius 3 is 2.44 bits per heavy atom. The highest BCUT2D eigenvalue weighted by Crippen LogP contribution is 2.25. The molecule has 0 N–H and O–H groups in total. The first kappa shape index (κ1) is 23.0. The number of carbonyl (C=O) groups is 2. The predicted octanol–water partition coefficient (Wildman–Crippen LogP) is 4.02. The van der Waals surface area contributed by atoms with Crippen molar-refractivity contribution in [1.29, 1.82) is 0 Å². The smallest absolute Gasteiger partial charge is 0.254 e. The zero-order valence-corrected chi connectivity index (χ0v) is 18.7. The van der Waals surface area contributed by atoms with Crippen molar-refractivity contribution < 1.29 is 23.5 Å². The summed E-state index contributed by atoms with van der Waals surface area (Å²) in [5, 5.41) is 0. The van der Waals surface area contributed by atoms with Crippen LogP contribution in [0.5, 0.6) is 17.2 Å². The number of methoxy groups -OCH3 is 1. The van der Waals surface area contributed by atoms with Gasteiger partial charge >= 0.3 is 0 Å². The second-order valence-electron chi connectivity index (χ2n) is 7.66. The lowest BCUT2D eigenvalue weighted by Gasteiger charge is -2.34. The van der Waals surface area contributed by atoms with E-state index < -0.39 is 5.82 Å². The van der Waals surface area contributed by atoms with Gasteiger partial charge in [-0.15, -0.1) is 0 Å². The Labute approximate surface area is 197 Å². The van der Waals surface area contributed by atoms with E-state index in [0.717, 1.165) is 0 Å². The SMILES string of the molecule is COc1cccc(C(=O)N2CCN(C(=O)/C=C/c3ccc(Oc4cccnc4)c(F)c3)CC2)c1. The van der Waals surface area contributed by atoms with Gasteiger partial charge in [0.25, 0.3) is 5.91 Å². The Bertz CT molecular complexity index is 1190. The zero-order chi connectivity index (χ0) is 23.9. The summed E-state index contributed by atoms with van der Waals surface area (Å²) in [6.45, 7) is 1.71. The van der Waals surface area contributed by atoms with Crippen LogP contribution in [0, 0.1) is 5.82 Å². The summed E-state index contributed by atoms with van der Waals surface area (Å²) in [5.41, 5.74) is 1.09. The molecule has 8 heteroatoms. The molecule has 1 aliphatic heterocycles. The van der Waals surface area contributed by atoms with Gasteiger partial charge in [0.15, 0.2) is 11.6 Å². The average Bonchev–Trinajstić information content (AvgIpc) is 2.89. The molecule has 0 radical (unpaired) electrons. The standard InChI is InChI=1S/C26H24FN3O4/c1-33-21-5-2-4-20(17-21)26(32)30-14-12-29(13-15-30)25(31)10-8-19-7-9-24(23(27)16-19)34-22-6-3-11-28-18-22/h2-11,16-18H,12-15H2,1H3/b10-8+. The van der Waals surface area contributed by atoms with Gasteiger partial charge in [-0.05, 0) is 54.1 Å². The minimum absolute atomic E-state index is 0.0771. The maximum absolute atomic E-state index is 14.4. The Hall–Kier alpha value is -4.20. The summed E-state index contributed by atoms with van der Waals surface area (Å²) in [7, 11) is 1.56. The van der Waals surface area contributed by atoms with Crippen molar-refractivity contribution in [2.45, 2.75) is 0 Å². The number of ether oxygens (including phenoxy) is 2. The Kier molecular flexibility index (Phi) is 7.17. The number of piperazine rings is 1. The Balaban J connectivity index is 1.31. The molecule has 174 valence electrons. The summed E-state index contributed by atoms with van der Waals surface area (Å²) >= 11 is 0. The van der Waals surface area contributed by atoms with E-state index in [0.29, 0.717) is 48.8 Å². The van der Waals surface area contributed by atoms with Gasteiger partial charge in [0.1, 0.15) is 11.5 Å². The van der Waals surface area contributed by atoms with E-state index in [4.69, 9.17) is 9.47 Å². The van der Waals surface area contributed by atoms with Crippen LogP contribution in [0.25, 0.3) is 6.08 Å². The molecule has 0 unspecified atom stereocenters. The molecule has 1 saturated heterocycles. The van der Waals surface area contributed by atoms with Gasteiger partial charge in [0.2, 0.25) is 5.91 Å². The largest absolute Gasteiger partial charge is 0.497 e. The van der Waals surface area contributed by atoms with Crippen LogP contribution in [-0.4, -0.2) is 59.9 Å². The molecular formula is C26H24FN3O4. The van der Waals surface area contributed by atoms with E-state index in [1.165, 1.54) is 24.4 Å². The third kappa shape index (κ3) is 5.58. The minimum Gasteiger partial charge on any atom is -0.497 e. The molecule has 1 aromatic heterocycles. The topological polar surface area (TPSA) is 72.0 Å². The van der Waals surface area contributed by atoms with E-state index in [1.54, 1.807) is 71.6 Å². The first-order valence-electron chi connectivity index (χ1n) is 10.8. The van der Waals surface area contributed by atoms with Crippen LogP contribution in [0.15, 0.2) is 73.1 Å². The van der Waals surface area contributed by atoms with Gasteiger partial charge in [0, 0.05) is 44.0 Å². The second-order valence-corrected chi connectivity index (χ2v) is 7.66. The molecule has 0 spiro atoms. The van der Waals surface area contributed by atoms with E-state index in [1.807, 2.05) is 0 Å². The van der Waals surface area contributed by atoms with Crippen molar-refractivity contribution in [2.75, 3.05) is 33.3 Å². The van der Waals surface area contributed by atoms with Crippen molar-refractivity contribution >= 4 is 17.9 Å². The number of hydrogen-bond acceptors (Lipinski definition) is 5. The van der Waals surface area contributed by atoms with E-state index >= 15 is 0 Å². The number of nitrogens with zero attached hydrogens (tertiary/aromatic N) is 3. The van der Waals surface area contributed by atoms with Gasteiger partial charge in [-0.25, -0.2) is 4.39 Å². The van der Waals surface area contributed by atoms with Crippen molar-refractivity contribution in [3.05, 3.63) is 90.0 Å². The number of halogens is 1. The van der Waals surface area contributed by atoms with E-state index in [-0.39, 0.29) is 17.6 Å². The van der Waals surface area contributed by atoms with Gasteiger partial charge in [-0.3, -0.25) is 14.6 Å². The van der Waals surface area contributed by atoms with Gasteiger partial charge < -0.3 is 19.3 Å². The monoisotopic (exact) mass is 461 g/mol. The fraction of sp³-hybridized carbons (Fsp3) is 0.192. The lowest BCUT2D eigenvalue weighted by Crippen LogP contribution is -2.50. The van der Waals surface area contributed by atoms with Crippen LogP contribution >= 0.6 is 0 Å². The summed E-state index contributed by atoms with van der Waals surface area (Å²) < 4.78 is 25.1. The number of rotatable bonds is 6. The van der Waals surface area contributed by atoms with E-state index in [2.05, 4.69) is 4.98 Å². The molecule has 2 amide bonds. The third-order valence-corrected chi connectivity index (χ3v) is 5.43. The highest BCUT2D eigenvalue weighted by atomic mass is 19.1. The predicted molar refractivity (Wildman–Crippen MR) is 125 cm³/mol. The Morgan fingerprint density at radius 2 is 1.74 bits per heavy atom. The molecule has 2 aromatic carbocycles. The number of carbonyl (C=O) groups excluding carboxylic acids is 2. The number of hydrogen-bond donors (Lipinski definition) is 0. The summed E-state index contributed by atoms with van der Waals surface area (Å²) in [5.74, 6) is 0.313. The van der Waals surface area contributed by atoms with Crippen LogP contribution in [0.1, 0.15) is 15.9 Å². The van der Waals surface area contributed by atoms with Crippen molar-refractivity contribution in [3.8, 4) is 17.2 Å². The quantitative estimate of drug-likeness (QED) is 0.519. The highest BCUT2D eigenvalue weighted by Gasteiger charge is 2.24. The maximum Gasteiger partial charge on any atom is 0.254 e. The molecule has 0 bridgehead atoms. The molecule has 0 atom stereocenters. The Morgan fingerprint density at radius 1 is 0.971 bits per heavy atom. The van der Waals surface area contributed by atoms with Crippen molar-refractivity contribution in [2.24, 2.45) is 0 Å².